The van der Waals surface area contributed by atoms with Crippen LogP contribution in [-0.2, 0) is 16.0 Å². The Morgan fingerprint density at radius 1 is 1.26 bits per heavy atom. The van der Waals surface area contributed by atoms with E-state index >= 15 is 0 Å². The molecule has 1 aromatic heterocycles. The number of pyridine rings is 1. The van der Waals surface area contributed by atoms with Gasteiger partial charge in [0.05, 0.1) is 0 Å². The van der Waals surface area contributed by atoms with Crippen LogP contribution in [0.1, 0.15) is 44.2 Å². The molecule has 0 aromatic carbocycles. The first-order valence-electron chi connectivity index (χ1n) is 7.97. The fourth-order valence-corrected chi connectivity index (χ4v) is 3.18. The van der Waals surface area contributed by atoms with E-state index < -0.39 is 11.6 Å². The average Bonchev–Trinajstić information content (AvgIpc) is 2.79. The number of hydrogen-bond donors (Lipinski definition) is 2. The highest BCUT2D eigenvalue weighted by atomic mass is 16.2. The summed E-state index contributed by atoms with van der Waals surface area (Å²) in [5, 5.41) is 3.60. The summed E-state index contributed by atoms with van der Waals surface area (Å²) in [5.74, 6) is -0.708. The van der Waals surface area contributed by atoms with Crippen LogP contribution >= 0.6 is 0 Å². The van der Waals surface area contributed by atoms with Crippen molar-refractivity contribution < 1.29 is 14.4 Å². The Hall–Kier alpha value is -2.44. The minimum Gasteiger partial charge on any atom is -0.322 e. The van der Waals surface area contributed by atoms with Crippen LogP contribution in [0.4, 0.5) is 4.79 Å². The smallest absolute Gasteiger partial charge is 0.322 e. The Labute approximate surface area is 134 Å². The molecule has 2 N–H and O–H groups in total. The third kappa shape index (κ3) is 3.18. The zero-order chi connectivity index (χ0) is 16.3. The second kappa shape index (κ2) is 6.36. The average molecular weight is 316 g/mol. The molecule has 1 aliphatic carbocycles. The molecule has 2 aliphatic rings. The van der Waals surface area contributed by atoms with Crippen molar-refractivity contribution in [2.75, 3.05) is 0 Å². The monoisotopic (exact) mass is 316 g/mol. The Bertz CT molecular complexity index is 611. The van der Waals surface area contributed by atoms with Gasteiger partial charge in [0.2, 0.25) is 5.91 Å². The summed E-state index contributed by atoms with van der Waals surface area (Å²) < 4.78 is 0. The maximum atomic E-state index is 12.5. The number of hydrazine groups is 1. The van der Waals surface area contributed by atoms with Gasteiger partial charge in [-0.05, 0) is 31.4 Å². The maximum Gasteiger partial charge on any atom is 0.344 e. The summed E-state index contributed by atoms with van der Waals surface area (Å²) in [5.41, 5.74) is 2.40. The number of aromatic nitrogens is 1. The number of nitrogens with zero attached hydrogens (tertiary/aromatic N) is 2. The number of aryl methyl sites for hydroxylation is 1. The van der Waals surface area contributed by atoms with Gasteiger partial charge in [-0.25, -0.2) is 4.79 Å². The number of imide groups is 1. The lowest BCUT2D eigenvalue weighted by Crippen LogP contribution is -2.51. The molecule has 2 heterocycles. The largest absolute Gasteiger partial charge is 0.344 e. The molecule has 3 rings (SSSR count). The van der Waals surface area contributed by atoms with E-state index in [1.807, 2.05) is 12.1 Å². The first kappa shape index (κ1) is 15.5. The van der Waals surface area contributed by atoms with Gasteiger partial charge in [0.1, 0.15) is 5.54 Å². The number of carbonyl (C=O) groups is 3. The summed E-state index contributed by atoms with van der Waals surface area (Å²) in [6.45, 7) is 0. The van der Waals surface area contributed by atoms with Crippen LogP contribution in [-0.4, -0.2) is 33.4 Å². The number of hydrogen-bond acceptors (Lipinski definition) is 4. The third-order valence-corrected chi connectivity index (χ3v) is 4.44. The van der Waals surface area contributed by atoms with Gasteiger partial charge in [-0.2, -0.15) is 5.01 Å². The van der Waals surface area contributed by atoms with Crippen molar-refractivity contribution in [3.05, 3.63) is 30.1 Å². The van der Waals surface area contributed by atoms with Crippen molar-refractivity contribution >= 4 is 17.8 Å². The van der Waals surface area contributed by atoms with Gasteiger partial charge in [-0.15, -0.1) is 0 Å². The van der Waals surface area contributed by atoms with Crippen LogP contribution in [0.3, 0.4) is 0 Å². The molecule has 0 radical (unpaired) electrons. The fraction of sp³-hybridized carbons (Fsp3) is 0.500. The predicted octanol–water partition coefficient (Wildman–Crippen LogP) is 1.30. The normalized spacial score (nSPS) is 19.7. The fourth-order valence-electron chi connectivity index (χ4n) is 3.18. The molecule has 23 heavy (non-hydrogen) atoms. The summed E-state index contributed by atoms with van der Waals surface area (Å²) in [6, 6.07) is 4.95. The quantitative estimate of drug-likeness (QED) is 0.819. The lowest BCUT2D eigenvalue weighted by molar-refractivity contribution is -0.139. The minimum atomic E-state index is -0.816. The van der Waals surface area contributed by atoms with Crippen LogP contribution in [0.25, 0.3) is 0 Å². The first-order chi connectivity index (χ1) is 11.1. The standard InChI is InChI=1S/C16H20N4O3/c21-13(8-7-12-6-2-5-11-17-12)19-20-14(22)16(18-15(20)23)9-3-1-4-10-16/h2,5-6,11H,1,3-4,7-10H2,(H,18,23)(H,19,21). The topological polar surface area (TPSA) is 91.4 Å². The highest BCUT2D eigenvalue weighted by Gasteiger charge is 2.52. The Kier molecular flexibility index (Phi) is 4.27. The molecule has 1 saturated heterocycles. The molecule has 2 fully saturated rings. The number of carbonyl (C=O) groups excluding carboxylic acids is 3. The number of amides is 4. The molecule has 1 aliphatic heterocycles. The molecule has 4 amide bonds. The number of rotatable bonds is 4. The maximum absolute atomic E-state index is 12.5. The lowest BCUT2D eigenvalue weighted by Gasteiger charge is -2.30. The van der Waals surface area contributed by atoms with Gasteiger partial charge in [-0.1, -0.05) is 25.3 Å². The molecular formula is C16H20N4O3. The van der Waals surface area contributed by atoms with Gasteiger partial charge >= 0.3 is 6.03 Å². The van der Waals surface area contributed by atoms with E-state index in [4.69, 9.17) is 0 Å². The summed E-state index contributed by atoms with van der Waals surface area (Å²) in [7, 11) is 0. The zero-order valence-electron chi connectivity index (χ0n) is 12.9. The molecular weight excluding hydrogens is 296 g/mol. The van der Waals surface area contributed by atoms with E-state index in [1.165, 1.54) is 0 Å². The Morgan fingerprint density at radius 3 is 2.74 bits per heavy atom. The summed E-state index contributed by atoms with van der Waals surface area (Å²) in [4.78, 5) is 40.7. The zero-order valence-corrected chi connectivity index (χ0v) is 12.9. The van der Waals surface area contributed by atoms with Gasteiger partial charge in [0.25, 0.3) is 5.91 Å². The SMILES string of the molecule is O=C(CCc1ccccn1)NN1C(=O)NC2(CCCCC2)C1=O. The van der Waals surface area contributed by atoms with E-state index in [2.05, 4.69) is 15.7 Å². The Balaban J connectivity index is 1.58. The number of urea groups is 1. The molecule has 122 valence electrons. The molecule has 7 nitrogen and oxygen atoms in total. The molecule has 7 heteroatoms. The molecule has 1 saturated carbocycles. The van der Waals surface area contributed by atoms with E-state index in [0.29, 0.717) is 19.3 Å². The van der Waals surface area contributed by atoms with Gasteiger partial charge in [0, 0.05) is 18.3 Å². The molecule has 1 aromatic rings. The molecule has 0 atom stereocenters. The van der Waals surface area contributed by atoms with Crippen molar-refractivity contribution in [1.82, 2.24) is 20.7 Å². The Morgan fingerprint density at radius 2 is 2.04 bits per heavy atom. The van der Waals surface area contributed by atoms with E-state index in [0.717, 1.165) is 30.0 Å². The van der Waals surface area contributed by atoms with Crippen molar-refractivity contribution in [2.45, 2.75) is 50.5 Å². The van der Waals surface area contributed by atoms with E-state index in [9.17, 15) is 14.4 Å². The number of nitrogens with one attached hydrogen (secondary N) is 2. The summed E-state index contributed by atoms with van der Waals surface area (Å²) in [6.07, 6.45) is 6.46. The van der Waals surface area contributed by atoms with E-state index in [-0.39, 0.29) is 18.2 Å². The summed E-state index contributed by atoms with van der Waals surface area (Å²) >= 11 is 0. The van der Waals surface area contributed by atoms with Crippen LogP contribution in [0.2, 0.25) is 0 Å². The van der Waals surface area contributed by atoms with Crippen LogP contribution in [0.15, 0.2) is 24.4 Å². The van der Waals surface area contributed by atoms with Crippen molar-refractivity contribution in [1.29, 1.82) is 0 Å². The lowest BCUT2D eigenvalue weighted by atomic mass is 9.82. The van der Waals surface area contributed by atoms with Crippen molar-refractivity contribution in [3.8, 4) is 0 Å². The van der Waals surface area contributed by atoms with Crippen LogP contribution < -0.4 is 10.7 Å². The predicted molar refractivity (Wildman–Crippen MR) is 81.9 cm³/mol. The second-order valence-corrected chi connectivity index (χ2v) is 6.07. The van der Waals surface area contributed by atoms with Gasteiger partial charge < -0.3 is 5.32 Å². The first-order valence-corrected chi connectivity index (χ1v) is 7.97. The van der Waals surface area contributed by atoms with Gasteiger partial charge in [0.15, 0.2) is 0 Å². The minimum absolute atomic E-state index is 0.168. The second-order valence-electron chi connectivity index (χ2n) is 6.07. The highest BCUT2D eigenvalue weighted by Crippen LogP contribution is 2.32. The third-order valence-electron chi connectivity index (χ3n) is 4.44. The van der Waals surface area contributed by atoms with Crippen LogP contribution in [0.5, 0.6) is 0 Å². The highest BCUT2D eigenvalue weighted by molar-refractivity contribution is 6.07. The van der Waals surface area contributed by atoms with Gasteiger partial charge in [-0.3, -0.25) is 20.0 Å². The molecule has 0 unspecified atom stereocenters. The van der Waals surface area contributed by atoms with E-state index in [1.54, 1.807) is 12.3 Å². The van der Waals surface area contributed by atoms with Crippen molar-refractivity contribution in [2.24, 2.45) is 0 Å². The molecule has 1 spiro atoms. The molecule has 0 bridgehead atoms. The van der Waals surface area contributed by atoms with Crippen LogP contribution in [0, 0.1) is 0 Å². The van der Waals surface area contributed by atoms with Crippen molar-refractivity contribution in [3.63, 3.8) is 0 Å².